The molecule has 5 nitrogen and oxygen atoms in total. The second-order valence-electron chi connectivity index (χ2n) is 3.91. The third-order valence-electron chi connectivity index (χ3n) is 2.85. The van der Waals surface area contributed by atoms with E-state index >= 15 is 0 Å². The van der Waals surface area contributed by atoms with Gasteiger partial charge in [0.25, 0.3) is 0 Å². The number of pyridine rings is 1. The van der Waals surface area contributed by atoms with Crippen LogP contribution in [0.4, 0.5) is 0 Å². The maximum atomic E-state index is 5.70. The Bertz CT molecular complexity index is 353. The highest BCUT2D eigenvalue weighted by atomic mass is 16.6. The lowest BCUT2D eigenvalue weighted by Gasteiger charge is -2.30. The van der Waals surface area contributed by atoms with Crippen molar-refractivity contribution in [2.45, 2.75) is 12.1 Å². The molecule has 0 saturated carbocycles. The molecule has 1 saturated heterocycles. The molecule has 1 aliphatic heterocycles. The van der Waals surface area contributed by atoms with Crippen LogP contribution in [0.25, 0.3) is 0 Å². The maximum absolute atomic E-state index is 5.70. The van der Waals surface area contributed by atoms with Gasteiger partial charge in [-0.3, -0.25) is 4.98 Å². The molecule has 5 heteroatoms. The second kappa shape index (κ2) is 5.95. The number of likely N-dealkylation sites (N-methyl/N-ethyl adjacent to an activating group) is 1. The Hall–Kier alpha value is -1.17. The lowest BCUT2D eigenvalue weighted by molar-refractivity contribution is -0.101. The van der Waals surface area contributed by atoms with E-state index in [-0.39, 0.29) is 12.1 Å². The normalized spacial score (nSPS) is 22.1. The van der Waals surface area contributed by atoms with Crippen LogP contribution < -0.4 is 10.1 Å². The first-order valence-corrected chi connectivity index (χ1v) is 5.70. The average molecular weight is 238 g/mol. The van der Waals surface area contributed by atoms with Crippen LogP contribution in [-0.2, 0) is 9.47 Å². The highest BCUT2D eigenvalue weighted by Gasteiger charge is 2.25. The van der Waals surface area contributed by atoms with Gasteiger partial charge in [-0.2, -0.15) is 0 Å². The van der Waals surface area contributed by atoms with Gasteiger partial charge < -0.3 is 19.5 Å². The van der Waals surface area contributed by atoms with Crippen molar-refractivity contribution in [2.75, 3.05) is 34.0 Å². The van der Waals surface area contributed by atoms with Gasteiger partial charge in [-0.15, -0.1) is 0 Å². The van der Waals surface area contributed by atoms with E-state index in [4.69, 9.17) is 14.2 Å². The Labute approximate surface area is 101 Å². The molecule has 17 heavy (non-hydrogen) atoms. The Morgan fingerprint density at radius 2 is 2.35 bits per heavy atom. The molecule has 1 aliphatic rings. The second-order valence-corrected chi connectivity index (χ2v) is 3.91. The summed E-state index contributed by atoms with van der Waals surface area (Å²) in [7, 11) is 3.54. The SMILES string of the molecule is CNC(c1cncc(OC)c1)C1COCCO1. The predicted molar refractivity (Wildman–Crippen MR) is 63.1 cm³/mol. The zero-order valence-corrected chi connectivity index (χ0v) is 10.2. The van der Waals surface area contributed by atoms with E-state index < -0.39 is 0 Å². The van der Waals surface area contributed by atoms with E-state index in [0.717, 1.165) is 11.3 Å². The van der Waals surface area contributed by atoms with Crippen LogP contribution in [0.2, 0.25) is 0 Å². The van der Waals surface area contributed by atoms with Gasteiger partial charge in [0.15, 0.2) is 0 Å². The number of rotatable bonds is 4. The van der Waals surface area contributed by atoms with Crippen LogP contribution in [0, 0.1) is 0 Å². The summed E-state index contributed by atoms with van der Waals surface area (Å²) in [6.45, 7) is 1.91. The molecule has 0 bridgehead atoms. The zero-order valence-electron chi connectivity index (χ0n) is 10.2. The van der Waals surface area contributed by atoms with Gasteiger partial charge in [-0.1, -0.05) is 0 Å². The smallest absolute Gasteiger partial charge is 0.137 e. The molecule has 1 N–H and O–H groups in total. The van der Waals surface area contributed by atoms with Gasteiger partial charge >= 0.3 is 0 Å². The highest BCUT2D eigenvalue weighted by molar-refractivity contribution is 5.26. The fourth-order valence-electron chi connectivity index (χ4n) is 1.98. The average Bonchev–Trinajstić information content (AvgIpc) is 2.41. The third-order valence-corrected chi connectivity index (χ3v) is 2.85. The Kier molecular flexibility index (Phi) is 4.30. The number of methoxy groups -OCH3 is 1. The molecular formula is C12H18N2O3. The fraction of sp³-hybridized carbons (Fsp3) is 0.583. The highest BCUT2D eigenvalue weighted by Crippen LogP contribution is 2.23. The first-order chi connectivity index (χ1) is 8.35. The largest absolute Gasteiger partial charge is 0.495 e. The van der Waals surface area contributed by atoms with Crippen LogP contribution in [0.5, 0.6) is 5.75 Å². The van der Waals surface area contributed by atoms with E-state index in [1.165, 1.54) is 0 Å². The summed E-state index contributed by atoms with van der Waals surface area (Å²) < 4.78 is 16.3. The first-order valence-electron chi connectivity index (χ1n) is 5.70. The summed E-state index contributed by atoms with van der Waals surface area (Å²) >= 11 is 0. The minimum atomic E-state index is 0.0163. The van der Waals surface area contributed by atoms with Crippen molar-refractivity contribution in [3.05, 3.63) is 24.0 Å². The standard InChI is InChI=1S/C12H18N2O3/c1-13-12(11-8-16-3-4-17-11)9-5-10(15-2)7-14-6-9/h5-7,11-13H,3-4,8H2,1-2H3. The van der Waals surface area contributed by atoms with Crippen molar-refractivity contribution in [2.24, 2.45) is 0 Å². The van der Waals surface area contributed by atoms with Gasteiger partial charge in [-0.05, 0) is 18.7 Å². The fourth-order valence-corrected chi connectivity index (χ4v) is 1.98. The number of nitrogens with one attached hydrogen (secondary N) is 1. The van der Waals surface area contributed by atoms with Crippen LogP contribution in [0.1, 0.15) is 11.6 Å². The van der Waals surface area contributed by atoms with Crippen molar-refractivity contribution in [3.63, 3.8) is 0 Å². The van der Waals surface area contributed by atoms with Crippen molar-refractivity contribution >= 4 is 0 Å². The number of hydrogen-bond acceptors (Lipinski definition) is 5. The van der Waals surface area contributed by atoms with Crippen molar-refractivity contribution in [3.8, 4) is 5.75 Å². The van der Waals surface area contributed by atoms with E-state index in [1.807, 2.05) is 19.3 Å². The quantitative estimate of drug-likeness (QED) is 0.839. The van der Waals surface area contributed by atoms with Gasteiger partial charge in [0.2, 0.25) is 0 Å². The van der Waals surface area contributed by atoms with Crippen LogP contribution in [0.15, 0.2) is 18.5 Å². The monoisotopic (exact) mass is 238 g/mol. The van der Waals surface area contributed by atoms with E-state index in [0.29, 0.717) is 19.8 Å². The van der Waals surface area contributed by atoms with Crippen molar-refractivity contribution < 1.29 is 14.2 Å². The Balaban J connectivity index is 2.15. The lowest BCUT2D eigenvalue weighted by atomic mass is 10.0. The zero-order chi connectivity index (χ0) is 12.1. The molecular weight excluding hydrogens is 220 g/mol. The third kappa shape index (κ3) is 2.94. The molecule has 0 radical (unpaired) electrons. The summed E-state index contributed by atoms with van der Waals surface area (Å²) in [5.74, 6) is 0.750. The molecule has 0 amide bonds. The van der Waals surface area contributed by atoms with Gasteiger partial charge in [-0.25, -0.2) is 0 Å². The van der Waals surface area contributed by atoms with Crippen LogP contribution in [0.3, 0.4) is 0 Å². The van der Waals surface area contributed by atoms with E-state index in [9.17, 15) is 0 Å². The topological polar surface area (TPSA) is 52.6 Å². The molecule has 2 atom stereocenters. The molecule has 2 rings (SSSR count). The molecule has 2 unspecified atom stereocenters. The Morgan fingerprint density at radius 3 is 3.00 bits per heavy atom. The Morgan fingerprint density at radius 1 is 1.47 bits per heavy atom. The van der Waals surface area contributed by atoms with E-state index in [1.54, 1.807) is 13.3 Å². The molecule has 1 aromatic rings. The predicted octanol–water partition coefficient (Wildman–Crippen LogP) is 0.766. The van der Waals surface area contributed by atoms with Gasteiger partial charge in [0.1, 0.15) is 11.9 Å². The molecule has 94 valence electrons. The van der Waals surface area contributed by atoms with Gasteiger partial charge in [0.05, 0.1) is 39.2 Å². The summed E-state index contributed by atoms with van der Waals surface area (Å²) in [6.07, 6.45) is 3.53. The number of hydrogen-bond donors (Lipinski definition) is 1. The molecule has 0 aliphatic carbocycles. The minimum Gasteiger partial charge on any atom is -0.495 e. The molecule has 1 aromatic heterocycles. The van der Waals surface area contributed by atoms with Gasteiger partial charge in [0, 0.05) is 6.20 Å². The molecule has 2 heterocycles. The minimum absolute atomic E-state index is 0.0163. The summed E-state index contributed by atoms with van der Waals surface area (Å²) in [5.41, 5.74) is 1.04. The van der Waals surface area contributed by atoms with E-state index in [2.05, 4.69) is 10.3 Å². The van der Waals surface area contributed by atoms with Crippen LogP contribution in [-0.4, -0.2) is 45.1 Å². The number of nitrogens with zero attached hydrogens (tertiary/aromatic N) is 1. The summed E-state index contributed by atoms with van der Waals surface area (Å²) in [5, 5.41) is 3.24. The molecule has 0 aromatic carbocycles. The maximum Gasteiger partial charge on any atom is 0.137 e. The molecule has 0 spiro atoms. The number of ether oxygens (including phenoxy) is 3. The molecule has 1 fully saturated rings. The first kappa shape index (κ1) is 12.3. The van der Waals surface area contributed by atoms with Crippen molar-refractivity contribution in [1.82, 2.24) is 10.3 Å². The van der Waals surface area contributed by atoms with Crippen LogP contribution >= 0.6 is 0 Å². The summed E-state index contributed by atoms with van der Waals surface area (Å²) in [6, 6.07) is 2.03. The van der Waals surface area contributed by atoms with Crippen molar-refractivity contribution in [1.29, 1.82) is 0 Å². The number of aromatic nitrogens is 1. The summed E-state index contributed by atoms with van der Waals surface area (Å²) in [4.78, 5) is 4.16. The lowest BCUT2D eigenvalue weighted by Crippen LogP contribution is -2.39.